The molecule has 4 rings (SSSR count). The number of hydrogen-bond acceptors (Lipinski definition) is 6. The third-order valence-electron chi connectivity index (χ3n) is 4.20. The number of furan rings is 1. The molecule has 3 aromatic rings. The Morgan fingerprint density at radius 3 is 2.60 bits per heavy atom. The van der Waals surface area contributed by atoms with Crippen LogP contribution < -0.4 is 4.90 Å². The zero-order chi connectivity index (χ0) is 21.4. The first-order chi connectivity index (χ1) is 14.3. The number of halogens is 2. The van der Waals surface area contributed by atoms with Gasteiger partial charge in [0, 0.05) is 28.2 Å². The van der Waals surface area contributed by atoms with Crippen molar-refractivity contribution in [3.63, 3.8) is 0 Å². The van der Waals surface area contributed by atoms with E-state index in [4.69, 9.17) is 28.2 Å². The molecule has 30 heavy (non-hydrogen) atoms. The van der Waals surface area contributed by atoms with E-state index in [1.807, 2.05) is 12.1 Å². The first kappa shape index (κ1) is 20.8. The molecular formula is C20H10BrClN2O4S2. The number of carbonyl (C=O) groups excluding carboxylic acids is 1. The topological polar surface area (TPSA) is 76.6 Å². The minimum atomic E-state index is -0.503. The number of rotatable bonds is 4. The highest BCUT2D eigenvalue weighted by molar-refractivity contribution is 9.10. The second-order valence-corrected chi connectivity index (χ2v) is 9.12. The molecule has 2 aromatic carbocycles. The zero-order valence-corrected chi connectivity index (χ0v) is 18.8. The fourth-order valence-corrected chi connectivity index (χ4v) is 4.55. The number of anilines is 1. The lowest BCUT2D eigenvalue weighted by atomic mass is 10.1. The van der Waals surface area contributed by atoms with E-state index in [0.29, 0.717) is 37.0 Å². The number of nitro groups is 1. The van der Waals surface area contributed by atoms with Crippen molar-refractivity contribution in [1.29, 1.82) is 0 Å². The summed E-state index contributed by atoms with van der Waals surface area (Å²) in [5, 5.41) is 11.3. The Bertz CT molecular complexity index is 1220. The summed E-state index contributed by atoms with van der Waals surface area (Å²) < 4.78 is 7.09. The molecule has 1 saturated heterocycles. The van der Waals surface area contributed by atoms with Crippen molar-refractivity contribution in [2.24, 2.45) is 0 Å². The van der Waals surface area contributed by atoms with Gasteiger partial charge in [0.05, 0.1) is 20.5 Å². The molecule has 0 bridgehead atoms. The zero-order valence-electron chi connectivity index (χ0n) is 14.9. The number of thiocarbonyl (C=S) groups is 1. The molecule has 150 valence electrons. The molecular weight excluding hydrogens is 512 g/mol. The highest BCUT2D eigenvalue weighted by atomic mass is 79.9. The van der Waals surface area contributed by atoms with Crippen molar-refractivity contribution in [1.82, 2.24) is 0 Å². The van der Waals surface area contributed by atoms with Crippen LogP contribution in [0.5, 0.6) is 0 Å². The van der Waals surface area contributed by atoms with E-state index in [9.17, 15) is 14.9 Å². The third-order valence-corrected chi connectivity index (χ3v) is 6.37. The molecule has 1 fully saturated rings. The fourth-order valence-electron chi connectivity index (χ4n) is 2.80. The molecule has 1 aliphatic rings. The lowest BCUT2D eigenvalue weighted by Gasteiger charge is -2.14. The van der Waals surface area contributed by atoms with Crippen molar-refractivity contribution in [2.75, 3.05) is 4.90 Å². The Hall–Kier alpha value is -2.46. The van der Waals surface area contributed by atoms with Crippen LogP contribution in [0, 0.1) is 10.1 Å². The Kier molecular flexibility index (Phi) is 5.79. The maximum Gasteiger partial charge on any atom is 0.270 e. The van der Waals surface area contributed by atoms with Crippen LogP contribution in [0.3, 0.4) is 0 Å². The van der Waals surface area contributed by atoms with Crippen LogP contribution in [0.1, 0.15) is 5.76 Å². The molecule has 0 spiro atoms. The summed E-state index contributed by atoms with van der Waals surface area (Å²) in [6, 6.07) is 14.7. The summed E-state index contributed by atoms with van der Waals surface area (Å²) in [5.74, 6) is 0.515. The maximum absolute atomic E-state index is 12.9. The SMILES string of the molecule is O=C1/C(=C\c2ccc(-c3cc([N+](=O)[O-])ccc3Cl)o2)SC(=S)N1c1ccc(Br)cc1. The molecule has 0 radical (unpaired) electrons. The predicted molar refractivity (Wildman–Crippen MR) is 126 cm³/mol. The summed E-state index contributed by atoms with van der Waals surface area (Å²) in [6.07, 6.45) is 1.59. The lowest BCUT2D eigenvalue weighted by Crippen LogP contribution is -2.27. The molecule has 1 amide bonds. The summed E-state index contributed by atoms with van der Waals surface area (Å²) in [7, 11) is 0. The van der Waals surface area contributed by atoms with Crippen molar-refractivity contribution >= 4 is 79.2 Å². The molecule has 0 N–H and O–H groups in total. The highest BCUT2D eigenvalue weighted by Crippen LogP contribution is 2.38. The van der Waals surface area contributed by atoms with Crippen LogP contribution >= 0.6 is 51.5 Å². The van der Waals surface area contributed by atoms with Gasteiger partial charge in [-0.05, 0) is 42.5 Å². The van der Waals surface area contributed by atoms with Gasteiger partial charge in [-0.2, -0.15) is 0 Å². The van der Waals surface area contributed by atoms with Crippen molar-refractivity contribution in [3.05, 3.63) is 84.9 Å². The molecule has 0 saturated carbocycles. The van der Waals surface area contributed by atoms with Gasteiger partial charge in [-0.3, -0.25) is 19.8 Å². The Labute approximate surface area is 193 Å². The molecule has 6 nitrogen and oxygen atoms in total. The van der Waals surface area contributed by atoms with E-state index in [0.717, 1.165) is 4.47 Å². The van der Waals surface area contributed by atoms with E-state index < -0.39 is 4.92 Å². The van der Waals surface area contributed by atoms with E-state index in [2.05, 4.69) is 15.9 Å². The number of nitro benzene ring substituents is 1. The van der Waals surface area contributed by atoms with Crippen molar-refractivity contribution in [3.8, 4) is 11.3 Å². The van der Waals surface area contributed by atoms with Gasteiger partial charge in [0.15, 0.2) is 4.32 Å². The summed E-state index contributed by atoms with van der Waals surface area (Å²) in [4.78, 5) is 25.2. The standard InChI is InChI=1S/C20H10BrClN2O4S2/c21-11-1-3-12(4-2-11)23-19(25)18(30-20(23)29)10-14-6-8-17(28-14)15-9-13(24(26)27)5-7-16(15)22/h1-10H/b18-10+. The van der Waals surface area contributed by atoms with Gasteiger partial charge in [-0.25, -0.2) is 0 Å². The Morgan fingerprint density at radius 1 is 1.17 bits per heavy atom. The van der Waals surface area contributed by atoms with Gasteiger partial charge in [0.2, 0.25) is 0 Å². The first-order valence-electron chi connectivity index (χ1n) is 8.41. The number of carbonyl (C=O) groups is 1. The Balaban J connectivity index is 1.63. The second-order valence-electron chi connectivity index (χ2n) is 6.12. The fraction of sp³-hybridized carbons (Fsp3) is 0. The van der Waals surface area contributed by atoms with Crippen LogP contribution in [0.15, 0.2) is 68.4 Å². The average Bonchev–Trinajstić information content (AvgIpc) is 3.27. The van der Waals surface area contributed by atoms with Crippen LogP contribution in [0.25, 0.3) is 17.4 Å². The number of non-ortho nitro benzene ring substituents is 1. The summed E-state index contributed by atoms with van der Waals surface area (Å²) >= 11 is 16.1. The minimum absolute atomic E-state index is 0.0947. The van der Waals surface area contributed by atoms with Gasteiger partial charge in [-0.1, -0.05) is 51.5 Å². The van der Waals surface area contributed by atoms with Gasteiger partial charge in [0.25, 0.3) is 11.6 Å². The molecule has 2 heterocycles. The van der Waals surface area contributed by atoms with E-state index in [1.54, 1.807) is 30.3 Å². The number of amides is 1. The summed E-state index contributed by atoms with van der Waals surface area (Å²) in [5.41, 5.74) is 0.975. The molecule has 1 aliphatic heterocycles. The number of nitrogens with zero attached hydrogens (tertiary/aromatic N) is 2. The van der Waals surface area contributed by atoms with Gasteiger partial charge < -0.3 is 4.42 Å². The van der Waals surface area contributed by atoms with E-state index in [1.165, 1.54) is 34.9 Å². The third kappa shape index (κ3) is 4.06. The molecule has 10 heteroatoms. The Morgan fingerprint density at radius 2 is 1.90 bits per heavy atom. The van der Waals surface area contributed by atoms with Crippen LogP contribution in [-0.4, -0.2) is 15.2 Å². The van der Waals surface area contributed by atoms with Crippen LogP contribution in [0.4, 0.5) is 11.4 Å². The normalized spacial score (nSPS) is 15.3. The quantitative estimate of drug-likeness (QED) is 0.165. The molecule has 0 atom stereocenters. The van der Waals surface area contributed by atoms with Gasteiger partial charge in [0.1, 0.15) is 11.5 Å². The highest BCUT2D eigenvalue weighted by Gasteiger charge is 2.33. The predicted octanol–water partition coefficient (Wildman–Crippen LogP) is 6.68. The minimum Gasteiger partial charge on any atom is -0.457 e. The number of thioether (sulfide) groups is 1. The average molecular weight is 522 g/mol. The maximum atomic E-state index is 12.9. The first-order valence-corrected chi connectivity index (χ1v) is 10.8. The van der Waals surface area contributed by atoms with Crippen LogP contribution in [-0.2, 0) is 4.79 Å². The number of hydrogen-bond donors (Lipinski definition) is 0. The van der Waals surface area contributed by atoms with Gasteiger partial charge >= 0.3 is 0 Å². The van der Waals surface area contributed by atoms with E-state index >= 15 is 0 Å². The largest absolute Gasteiger partial charge is 0.457 e. The van der Waals surface area contributed by atoms with Crippen LogP contribution in [0.2, 0.25) is 5.02 Å². The molecule has 1 aromatic heterocycles. The smallest absolute Gasteiger partial charge is 0.270 e. The van der Waals surface area contributed by atoms with Gasteiger partial charge in [-0.15, -0.1) is 0 Å². The molecule has 0 aliphatic carbocycles. The van der Waals surface area contributed by atoms with Crippen molar-refractivity contribution < 1.29 is 14.1 Å². The van der Waals surface area contributed by atoms with E-state index in [-0.39, 0.29) is 11.6 Å². The second kappa shape index (κ2) is 8.35. The lowest BCUT2D eigenvalue weighted by molar-refractivity contribution is -0.384. The molecule has 0 unspecified atom stereocenters. The van der Waals surface area contributed by atoms with Crippen molar-refractivity contribution in [2.45, 2.75) is 0 Å². The monoisotopic (exact) mass is 520 g/mol. The summed E-state index contributed by atoms with van der Waals surface area (Å²) in [6.45, 7) is 0. The number of benzene rings is 2.